The largest absolute Gasteiger partial charge is 0.469 e. The molecule has 3 fully saturated rings. The quantitative estimate of drug-likeness (QED) is 0.580. The van der Waals surface area contributed by atoms with E-state index >= 15 is 0 Å². The molecular formula is C24H20N2O4S2. The molecule has 8 heteroatoms. The molecule has 2 amide bonds. The number of rotatable bonds is 2. The number of nitrogens with one attached hydrogen (secondary N) is 1. The number of carbonyl (C=O) groups excluding carboxylic acids is 2. The van der Waals surface area contributed by atoms with Gasteiger partial charge in [0.25, 0.3) is 0 Å². The Morgan fingerprint density at radius 3 is 2.50 bits per heavy atom. The Hall–Kier alpha value is -2.58. The molecular weight excluding hydrogens is 444 g/mol. The van der Waals surface area contributed by atoms with Gasteiger partial charge in [-0.15, -0.1) is 11.8 Å². The third-order valence-electron chi connectivity index (χ3n) is 7.87. The molecule has 1 N–H and O–H groups in total. The van der Waals surface area contributed by atoms with Crippen LogP contribution in [-0.2, 0) is 9.59 Å². The zero-order valence-electron chi connectivity index (χ0n) is 17.2. The van der Waals surface area contributed by atoms with Gasteiger partial charge in [0, 0.05) is 5.25 Å². The third kappa shape index (κ3) is 2.34. The molecule has 4 aliphatic rings. The normalized spacial score (nSPS) is 34.7. The van der Waals surface area contributed by atoms with E-state index < -0.39 is 0 Å². The summed E-state index contributed by atoms with van der Waals surface area (Å²) in [4.78, 5) is 44.7. The highest BCUT2D eigenvalue weighted by Gasteiger charge is 2.70. The molecule has 1 aromatic carbocycles. The molecule has 2 saturated carbocycles. The summed E-state index contributed by atoms with van der Waals surface area (Å²) in [6, 6.07) is 11.5. The minimum Gasteiger partial charge on any atom is -0.469 e. The van der Waals surface area contributed by atoms with Crippen molar-refractivity contribution in [2.45, 2.75) is 29.5 Å². The lowest BCUT2D eigenvalue weighted by Gasteiger charge is -2.42. The third-order valence-corrected chi connectivity index (χ3v) is 10.5. The van der Waals surface area contributed by atoms with Crippen molar-refractivity contribution >= 4 is 40.6 Å². The molecule has 7 atom stereocenters. The van der Waals surface area contributed by atoms with E-state index in [4.69, 9.17) is 4.42 Å². The van der Waals surface area contributed by atoms with Gasteiger partial charge in [-0.1, -0.05) is 29.0 Å². The highest BCUT2D eigenvalue weighted by atomic mass is 32.2. The number of thioether (sulfide) groups is 1. The smallest absolute Gasteiger partial charge is 0.305 e. The maximum absolute atomic E-state index is 13.6. The lowest BCUT2D eigenvalue weighted by Crippen LogP contribution is -2.42. The van der Waals surface area contributed by atoms with Gasteiger partial charge in [-0.05, 0) is 55.4 Å². The fourth-order valence-electron chi connectivity index (χ4n) is 6.75. The Morgan fingerprint density at radius 2 is 1.78 bits per heavy atom. The van der Waals surface area contributed by atoms with Crippen molar-refractivity contribution in [2.75, 3.05) is 4.90 Å². The number of aromatic nitrogens is 1. The van der Waals surface area contributed by atoms with Gasteiger partial charge in [0.05, 0.1) is 39.6 Å². The molecule has 4 heterocycles. The Balaban J connectivity index is 1.32. The van der Waals surface area contributed by atoms with Crippen molar-refractivity contribution in [3.05, 3.63) is 68.5 Å². The van der Waals surface area contributed by atoms with Gasteiger partial charge < -0.3 is 9.40 Å². The molecule has 3 aromatic rings. The average molecular weight is 465 g/mol. The predicted molar refractivity (Wildman–Crippen MR) is 121 cm³/mol. The molecule has 1 saturated heterocycles. The van der Waals surface area contributed by atoms with Gasteiger partial charge in [0.1, 0.15) is 5.76 Å². The van der Waals surface area contributed by atoms with E-state index in [1.54, 1.807) is 18.0 Å². The van der Waals surface area contributed by atoms with Gasteiger partial charge in [0.2, 0.25) is 11.8 Å². The molecule has 7 rings (SSSR count). The Morgan fingerprint density at radius 1 is 1.03 bits per heavy atom. The predicted octanol–water partition coefficient (Wildman–Crippen LogP) is 4.02. The van der Waals surface area contributed by atoms with E-state index in [0.29, 0.717) is 5.69 Å². The number of hydrogen-bond donors (Lipinski definition) is 1. The summed E-state index contributed by atoms with van der Waals surface area (Å²) in [7, 11) is 0. The van der Waals surface area contributed by atoms with Crippen LogP contribution >= 0.6 is 23.1 Å². The molecule has 5 unspecified atom stereocenters. The van der Waals surface area contributed by atoms with Crippen LogP contribution in [0.25, 0.3) is 0 Å². The summed E-state index contributed by atoms with van der Waals surface area (Å²) in [6.45, 7) is 1.99. The maximum Gasteiger partial charge on any atom is 0.305 e. The van der Waals surface area contributed by atoms with Crippen molar-refractivity contribution in [1.82, 2.24) is 4.98 Å². The summed E-state index contributed by atoms with van der Waals surface area (Å²) < 4.78 is 5.84. The summed E-state index contributed by atoms with van der Waals surface area (Å²) in [5, 5.41) is 1.09. The number of nitrogens with zero attached hydrogens (tertiary/aromatic N) is 1. The molecule has 2 aliphatic heterocycles. The molecule has 0 spiro atoms. The molecule has 2 aliphatic carbocycles. The van der Waals surface area contributed by atoms with Crippen LogP contribution in [0.4, 0.5) is 5.69 Å². The second-order valence-corrected chi connectivity index (χ2v) is 11.5. The second kappa shape index (κ2) is 6.48. The number of H-pyrrole nitrogens is 1. The summed E-state index contributed by atoms with van der Waals surface area (Å²) in [5.74, 6) is 0.509. The van der Waals surface area contributed by atoms with E-state index in [1.807, 2.05) is 43.3 Å². The molecule has 2 aromatic heterocycles. The number of hydrogen-bond acceptors (Lipinski definition) is 6. The molecule has 162 valence electrons. The van der Waals surface area contributed by atoms with Crippen LogP contribution in [0.5, 0.6) is 0 Å². The van der Waals surface area contributed by atoms with E-state index in [2.05, 4.69) is 4.98 Å². The summed E-state index contributed by atoms with van der Waals surface area (Å²) in [6.07, 6.45) is 2.55. The number of imide groups is 1. The van der Waals surface area contributed by atoms with Crippen LogP contribution in [0.1, 0.15) is 28.5 Å². The number of amides is 2. The number of benzene rings is 1. The average Bonchev–Trinajstić information content (AvgIpc) is 3.57. The number of anilines is 1. The number of fused-ring (bicyclic) bond motifs is 9. The molecule has 6 nitrogen and oxygen atoms in total. The van der Waals surface area contributed by atoms with Crippen LogP contribution in [0.3, 0.4) is 0 Å². The fourth-order valence-corrected chi connectivity index (χ4v) is 9.62. The lowest BCUT2D eigenvalue weighted by molar-refractivity contribution is -0.123. The van der Waals surface area contributed by atoms with Crippen LogP contribution in [0.2, 0.25) is 0 Å². The first-order chi connectivity index (χ1) is 15.5. The fraction of sp³-hybridized carbons (Fsp3) is 0.375. The van der Waals surface area contributed by atoms with Crippen LogP contribution in [0.15, 0.2) is 56.9 Å². The van der Waals surface area contributed by atoms with Crippen LogP contribution < -0.4 is 9.77 Å². The number of aryl methyl sites for hydroxylation is 1. The molecule has 2 bridgehead atoms. The van der Waals surface area contributed by atoms with Crippen LogP contribution in [-0.4, -0.2) is 22.0 Å². The minimum absolute atomic E-state index is 0.0533. The van der Waals surface area contributed by atoms with E-state index in [9.17, 15) is 14.4 Å². The Kier molecular flexibility index (Phi) is 3.84. The van der Waals surface area contributed by atoms with E-state index in [-0.39, 0.29) is 57.4 Å². The highest BCUT2D eigenvalue weighted by Crippen LogP contribution is 2.68. The van der Waals surface area contributed by atoms with E-state index in [0.717, 1.165) is 27.6 Å². The zero-order chi connectivity index (χ0) is 21.7. The minimum atomic E-state index is -0.287. The van der Waals surface area contributed by atoms with Gasteiger partial charge >= 0.3 is 4.87 Å². The first-order valence-corrected chi connectivity index (χ1v) is 12.6. The molecule has 32 heavy (non-hydrogen) atoms. The molecule has 0 radical (unpaired) electrons. The first kappa shape index (κ1) is 18.9. The number of furan rings is 1. The number of thiazole rings is 1. The lowest BCUT2D eigenvalue weighted by atomic mass is 9.69. The van der Waals surface area contributed by atoms with Crippen molar-refractivity contribution < 1.29 is 14.0 Å². The monoisotopic (exact) mass is 464 g/mol. The summed E-state index contributed by atoms with van der Waals surface area (Å²) >= 11 is 2.94. The number of aromatic amines is 1. The van der Waals surface area contributed by atoms with Crippen molar-refractivity contribution in [3.8, 4) is 0 Å². The topological polar surface area (TPSA) is 83.4 Å². The van der Waals surface area contributed by atoms with Gasteiger partial charge in [-0.2, -0.15) is 0 Å². The standard InChI is InChI=1S/C24H20N2O4S2/c1-10-4-6-11(7-5-10)26-22(27)16-12-9-13(17(16)23(26)28)19-15(12)18(14-3-2-8-30-14)20-21(31-19)25-24(29)32-20/h2-8,12-13,15-19H,9H2,1H3,(H,25,29)/t12-,13-,15?,16?,17?,18?,19?/m1/s1. The van der Waals surface area contributed by atoms with Crippen molar-refractivity contribution in [1.29, 1.82) is 0 Å². The second-order valence-electron chi connectivity index (χ2n) is 9.32. The SMILES string of the molecule is Cc1ccc(N2C(=O)C3C(C2=O)[C@@H]2C[C@H]3C3Sc4[nH]c(=O)sc4C(c4ccco4)C32)cc1. The summed E-state index contributed by atoms with van der Waals surface area (Å²) in [5.41, 5.74) is 1.76. The Labute approximate surface area is 192 Å². The maximum atomic E-state index is 13.6. The van der Waals surface area contributed by atoms with Gasteiger partial charge in [-0.25, -0.2) is 0 Å². The highest BCUT2D eigenvalue weighted by molar-refractivity contribution is 8.00. The first-order valence-electron chi connectivity index (χ1n) is 10.9. The zero-order valence-corrected chi connectivity index (χ0v) is 18.8. The Bertz CT molecular complexity index is 1310. The van der Waals surface area contributed by atoms with Crippen molar-refractivity contribution in [3.63, 3.8) is 0 Å². The van der Waals surface area contributed by atoms with Crippen molar-refractivity contribution in [2.24, 2.45) is 29.6 Å². The van der Waals surface area contributed by atoms with E-state index in [1.165, 1.54) is 16.2 Å². The van der Waals surface area contributed by atoms with Gasteiger partial charge in [0.15, 0.2) is 0 Å². The van der Waals surface area contributed by atoms with Gasteiger partial charge in [-0.3, -0.25) is 19.3 Å². The van der Waals surface area contributed by atoms with Crippen LogP contribution in [0, 0.1) is 36.5 Å². The number of carbonyl (C=O) groups is 2.